The molecule has 1 unspecified atom stereocenters. The van der Waals surface area contributed by atoms with Gasteiger partial charge in [0.05, 0.1) is 18.5 Å². The van der Waals surface area contributed by atoms with Crippen LogP contribution in [0.2, 0.25) is 0 Å². The van der Waals surface area contributed by atoms with E-state index in [0.29, 0.717) is 40.4 Å². The summed E-state index contributed by atoms with van der Waals surface area (Å²) in [5.41, 5.74) is 11.2. The van der Waals surface area contributed by atoms with Crippen molar-refractivity contribution in [2.24, 2.45) is 5.73 Å². The normalized spacial score (nSPS) is 12.8. The zero-order chi connectivity index (χ0) is 25.4. The van der Waals surface area contributed by atoms with E-state index in [1.807, 2.05) is 30.3 Å². The predicted molar refractivity (Wildman–Crippen MR) is 138 cm³/mol. The smallest absolute Gasteiger partial charge is 0.269 e. The van der Waals surface area contributed by atoms with Crippen LogP contribution in [0.5, 0.6) is 5.75 Å². The second kappa shape index (κ2) is 9.43. The summed E-state index contributed by atoms with van der Waals surface area (Å²) < 4.78 is 18.8. The van der Waals surface area contributed by atoms with Gasteiger partial charge in [0, 0.05) is 44.3 Å². The molecule has 1 aliphatic rings. The molecule has 0 spiro atoms. The van der Waals surface area contributed by atoms with Crippen molar-refractivity contribution in [3.05, 3.63) is 89.1 Å². The third-order valence-corrected chi connectivity index (χ3v) is 7.17. The Balaban J connectivity index is 1.57. The average Bonchev–Trinajstić information content (AvgIpc) is 3.29. The van der Waals surface area contributed by atoms with Gasteiger partial charge in [-0.3, -0.25) is 13.8 Å². The van der Waals surface area contributed by atoms with Crippen molar-refractivity contribution in [1.29, 1.82) is 0 Å². The van der Waals surface area contributed by atoms with Crippen molar-refractivity contribution in [1.82, 2.24) is 9.78 Å². The molecule has 0 bridgehead atoms. The first kappa shape index (κ1) is 23.5. The lowest BCUT2D eigenvalue weighted by atomic mass is 9.88. The number of aromatic nitrogens is 2. The number of fused-ring (bicyclic) bond motifs is 3. The molecule has 8 nitrogen and oxygen atoms in total. The van der Waals surface area contributed by atoms with E-state index in [2.05, 4.69) is 10.4 Å². The van der Waals surface area contributed by atoms with Gasteiger partial charge in [-0.25, -0.2) is 4.68 Å². The number of primary amides is 1. The Morgan fingerprint density at radius 2 is 1.83 bits per heavy atom. The van der Waals surface area contributed by atoms with Crippen LogP contribution in [0.15, 0.2) is 71.6 Å². The lowest BCUT2D eigenvalue weighted by Crippen LogP contribution is -2.15. The summed E-state index contributed by atoms with van der Waals surface area (Å²) in [4.78, 5) is 25.8. The minimum atomic E-state index is -1.11. The summed E-state index contributed by atoms with van der Waals surface area (Å²) in [6.45, 7) is 0. The van der Waals surface area contributed by atoms with Gasteiger partial charge in [0.2, 0.25) is 0 Å². The van der Waals surface area contributed by atoms with Crippen LogP contribution in [0.3, 0.4) is 0 Å². The Bertz CT molecular complexity index is 1530. The fourth-order valence-corrected chi connectivity index (χ4v) is 4.97. The Kier molecular flexibility index (Phi) is 6.15. The maximum atomic E-state index is 12.9. The van der Waals surface area contributed by atoms with Crippen molar-refractivity contribution >= 4 is 28.3 Å². The van der Waals surface area contributed by atoms with Gasteiger partial charge in [-0.2, -0.15) is 5.10 Å². The molecule has 182 valence electrons. The minimum absolute atomic E-state index is 0.226. The number of rotatable bonds is 6. The highest BCUT2D eigenvalue weighted by atomic mass is 32.2. The van der Waals surface area contributed by atoms with Gasteiger partial charge in [0.25, 0.3) is 11.8 Å². The van der Waals surface area contributed by atoms with Crippen LogP contribution in [0.25, 0.3) is 16.9 Å². The van der Waals surface area contributed by atoms with Gasteiger partial charge >= 0.3 is 0 Å². The van der Waals surface area contributed by atoms with Crippen LogP contribution in [-0.2, 0) is 23.6 Å². The van der Waals surface area contributed by atoms with Gasteiger partial charge < -0.3 is 15.8 Å². The van der Waals surface area contributed by atoms with E-state index < -0.39 is 16.7 Å². The summed E-state index contributed by atoms with van der Waals surface area (Å²) in [5.74, 6) is -0.264. The first-order chi connectivity index (χ1) is 17.4. The predicted octanol–water partition coefficient (Wildman–Crippen LogP) is 3.74. The molecule has 5 rings (SSSR count). The molecule has 2 amide bonds. The minimum Gasteiger partial charge on any atom is -0.497 e. The second-order valence-electron chi connectivity index (χ2n) is 8.46. The van der Waals surface area contributed by atoms with Crippen LogP contribution in [0, 0.1) is 0 Å². The number of nitrogens with zero attached hydrogens (tertiary/aromatic N) is 2. The highest BCUT2D eigenvalue weighted by molar-refractivity contribution is 7.84. The Morgan fingerprint density at radius 1 is 1.06 bits per heavy atom. The molecule has 4 aromatic rings. The van der Waals surface area contributed by atoms with E-state index in [-0.39, 0.29) is 11.6 Å². The number of carbonyl (C=O) groups excluding carboxylic acids is 2. The third-order valence-electron chi connectivity index (χ3n) is 6.23. The molecule has 36 heavy (non-hydrogen) atoms. The van der Waals surface area contributed by atoms with Gasteiger partial charge in [-0.1, -0.05) is 12.1 Å². The molecule has 3 N–H and O–H groups in total. The molecule has 0 saturated carbocycles. The van der Waals surface area contributed by atoms with E-state index >= 15 is 0 Å². The monoisotopic (exact) mass is 500 g/mol. The number of benzene rings is 3. The van der Waals surface area contributed by atoms with Gasteiger partial charge in [-0.15, -0.1) is 0 Å². The largest absolute Gasteiger partial charge is 0.497 e. The second-order valence-corrected chi connectivity index (χ2v) is 9.84. The molecule has 9 heteroatoms. The molecule has 0 fully saturated rings. The Labute approximate surface area is 210 Å². The van der Waals surface area contributed by atoms with Crippen molar-refractivity contribution in [3.8, 4) is 22.7 Å². The van der Waals surface area contributed by atoms with E-state index in [9.17, 15) is 13.8 Å². The molecule has 1 heterocycles. The van der Waals surface area contributed by atoms with Crippen molar-refractivity contribution < 1.29 is 18.5 Å². The van der Waals surface area contributed by atoms with E-state index in [1.54, 1.807) is 54.4 Å². The first-order valence-corrected chi connectivity index (χ1v) is 12.9. The summed E-state index contributed by atoms with van der Waals surface area (Å²) in [6, 6.07) is 19.8. The number of carbonyl (C=O) groups is 2. The van der Waals surface area contributed by atoms with Crippen molar-refractivity contribution in [2.75, 3.05) is 18.7 Å². The molecule has 1 aromatic heterocycles. The molecule has 0 aliphatic heterocycles. The SMILES string of the molecule is COc1cccc(C(=O)Nc2ccc3c(c2)-c2c(c(C(N)=O)nn2-c2ccc(S(C)=O)cc2)CC3)c1. The maximum absolute atomic E-state index is 12.9. The zero-order valence-electron chi connectivity index (χ0n) is 19.8. The molecule has 1 aliphatic carbocycles. The quantitative estimate of drug-likeness (QED) is 0.418. The first-order valence-electron chi connectivity index (χ1n) is 11.3. The molecular formula is C27H24N4O4S. The van der Waals surface area contributed by atoms with Crippen LogP contribution in [0.1, 0.15) is 32.0 Å². The molecule has 1 atom stereocenters. The van der Waals surface area contributed by atoms with Crippen LogP contribution >= 0.6 is 0 Å². The highest BCUT2D eigenvalue weighted by Gasteiger charge is 2.28. The number of anilines is 1. The van der Waals surface area contributed by atoms with Gasteiger partial charge in [0.1, 0.15) is 5.75 Å². The maximum Gasteiger partial charge on any atom is 0.269 e. The lowest BCUT2D eigenvalue weighted by molar-refractivity contribution is 0.0992. The fraction of sp³-hybridized carbons (Fsp3) is 0.148. The lowest BCUT2D eigenvalue weighted by Gasteiger charge is -2.20. The van der Waals surface area contributed by atoms with Crippen molar-refractivity contribution in [2.45, 2.75) is 17.7 Å². The zero-order valence-corrected chi connectivity index (χ0v) is 20.6. The Hall–Kier alpha value is -4.24. The topological polar surface area (TPSA) is 116 Å². The van der Waals surface area contributed by atoms with E-state index in [0.717, 1.165) is 22.4 Å². The number of methoxy groups -OCH3 is 1. The highest BCUT2D eigenvalue weighted by Crippen LogP contribution is 2.38. The van der Waals surface area contributed by atoms with Crippen LogP contribution < -0.4 is 15.8 Å². The van der Waals surface area contributed by atoms with Crippen LogP contribution in [-0.4, -0.2) is 39.2 Å². The molecular weight excluding hydrogens is 476 g/mol. The van der Waals surface area contributed by atoms with Crippen molar-refractivity contribution in [3.63, 3.8) is 0 Å². The number of hydrogen-bond acceptors (Lipinski definition) is 5. The number of hydrogen-bond donors (Lipinski definition) is 2. The average molecular weight is 501 g/mol. The third kappa shape index (κ3) is 4.29. The summed E-state index contributed by atoms with van der Waals surface area (Å²) in [5, 5.41) is 7.51. The van der Waals surface area contributed by atoms with Gasteiger partial charge in [0.15, 0.2) is 5.69 Å². The number of nitrogens with two attached hydrogens (primary N) is 1. The molecule has 3 aromatic carbocycles. The summed E-state index contributed by atoms with van der Waals surface area (Å²) >= 11 is 0. The van der Waals surface area contributed by atoms with Crippen LogP contribution in [0.4, 0.5) is 5.69 Å². The standard InChI is InChI=1S/C27H24N4O4S/c1-35-20-5-3-4-17(14-20)27(33)29-18-8-6-16-7-13-22-24(26(28)32)30-31(25(22)23(16)15-18)19-9-11-21(12-10-19)36(2)34/h3-6,8-12,14-15H,7,13H2,1-2H3,(H2,28,32)(H,29,33). The van der Waals surface area contributed by atoms with Gasteiger partial charge in [-0.05, 0) is 73.0 Å². The molecule has 0 saturated heterocycles. The number of aryl methyl sites for hydroxylation is 1. The van der Waals surface area contributed by atoms with E-state index in [1.165, 1.54) is 0 Å². The Morgan fingerprint density at radius 3 is 2.53 bits per heavy atom. The fourth-order valence-electron chi connectivity index (χ4n) is 4.45. The number of amides is 2. The summed E-state index contributed by atoms with van der Waals surface area (Å²) in [7, 11) is 0.440. The number of ether oxygens (including phenoxy) is 1. The molecule has 0 radical (unpaired) electrons. The summed E-state index contributed by atoms with van der Waals surface area (Å²) in [6.07, 6.45) is 2.95. The van der Waals surface area contributed by atoms with E-state index in [4.69, 9.17) is 10.5 Å². The number of nitrogens with one attached hydrogen (secondary N) is 1.